The van der Waals surface area contributed by atoms with E-state index in [-0.39, 0.29) is 18.4 Å². The lowest BCUT2D eigenvalue weighted by Crippen LogP contribution is -2.45. The van der Waals surface area contributed by atoms with E-state index in [2.05, 4.69) is 5.32 Å². The summed E-state index contributed by atoms with van der Waals surface area (Å²) in [5.74, 6) is -0.462. The molecule has 0 unspecified atom stereocenters. The van der Waals surface area contributed by atoms with Crippen molar-refractivity contribution in [1.29, 1.82) is 0 Å². The number of rotatable bonds is 5. The van der Waals surface area contributed by atoms with Crippen LogP contribution in [0.2, 0.25) is 0 Å². The Kier molecular flexibility index (Phi) is 4.96. The molecule has 0 atom stereocenters. The fourth-order valence-electron chi connectivity index (χ4n) is 2.70. The second kappa shape index (κ2) is 6.72. The summed E-state index contributed by atoms with van der Waals surface area (Å²) in [4.78, 5) is 25.4. The van der Waals surface area contributed by atoms with Crippen LogP contribution in [0.1, 0.15) is 36.0 Å². The zero-order valence-electron chi connectivity index (χ0n) is 12.3. The van der Waals surface area contributed by atoms with Crippen LogP contribution in [0.15, 0.2) is 30.3 Å². The highest BCUT2D eigenvalue weighted by molar-refractivity contribution is 5.96. The Morgan fingerprint density at radius 1 is 1.24 bits per heavy atom. The van der Waals surface area contributed by atoms with Crippen molar-refractivity contribution in [2.75, 3.05) is 20.1 Å². The van der Waals surface area contributed by atoms with Crippen LogP contribution in [0.4, 0.5) is 0 Å². The molecule has 2 amide bonds. The summed E-state index contributed by atoms with van der Waals surface area (Å²) in [5.41, 5.74) is -0.226. The minimum Gasteiger partial charge on any atom is -0.388 e. The first kappa shape index (κ1) is 15.5. The minimum absolute atomic E-state index is 0.0553. The Morgan fingerprint density at radius 3 is 2.48 bits per heavy atom. The number of likely N-dealkylation sites (N-methyl/N-ethyl adjacent to an activating group) is 1. The lowest BCUT2D eigenvalue weighted by molar-refractivity contribution is -0.132. The average molecular weight is 290 g/mol. The van der Waals surface area contributed by atoms with Crippen LogP contribution in [-0.2, 0) is 4.79 Å². The average Bonchev–Trinajstić information content (AvgIpc) is 2.91. The lowest BCUT2D eigenvalue weighted by atomic mass is 10.0. The summed E-state index contributed by atoms with van der Waals surface area (Å²) in [6.07, 6.45) is 3.48. The van der Waals surface area contributed by atoms with Crippen LogP contribution in [-0.4, -0.2) is 47.6 Å². The van der Waals surface area contributed by atoms with E-state index in [4.69, 9.17) is 0 Å². The van der Waals surface area contributed by atoms with Gasteiger partial charge in [0.15, 0.2) is 0 Å². The highest BCUT2D eigenvalue weighted by Crippen LogP contribution is 2.29. The van der Waals surface area contributed by atoms with E-state index >= 15 is 0 Å². The van der Waals surface area contributed by atoms with E-state index in [9.17, 15) is 14.7 Å². The Balaban J connectivity index is 1.80. The predicted molar refractivity (Wildman–Crippen MR) is 79.8 cm³/mol. The summed E-state index contributed by atoms with van der Waals surface area (Å²) >= 11 is 0. The van der Waals surface area contributed by atoms with Crippen molar-refractivity contribution in [3.05, 3.63) is 35.9 Å². The van der Waals surface area contributed by atoms with Gasteiger partial charge in [0.2, 0.25) is 5.91 Å². The number of aliphatic hydroxyl groups is 1. The monoisotopic (exact) mass is 290 g/mol. The third-order valence-corrected chi connectivity index (χ3v) is 3.93. The lowest BCUT2D eigenvalue weighted by Gasteiger charge is -2.28. The van der Waals surface area contributed by atoms with E-state index in [0.717, 1.165) is 25.7 Å². The molecule has 1 aliphatic carbocycles. The summed E-state index contributed by atoms with van der Waals surface area (Å²) in [6.45, 7) is 0.271. The maximum atomic E-state index is 12.0. The van der Waals surface area contributed by atoms with Gasteiger partial charge in [-0.1, -0.05) is 31.0 Å². The van der Waals surface area contributed by atoms with Crippen molar-refractivity contribution < 1.29 is 14.7 Å². The van der Waals surface area contributed by atoms with Crippen molar-refractivity contribution in [3.8, 4) is 0 Å². The van der Waals surface area contributed by atoms with Crippen LogP contribution in [0.5, 0.6) is 0 Å². The molecule has 0 aliphatic heterocycles. The molecule has 1 aliphatic rings. The van der Waals surface area contributed by atoms with Gasteiger partial charge in [0, 0.05) is 19.2 Å². The molecule has 2 N–H and O–H groups in total. The molecule has 0 saturated heterocycles. The molecule has 2 rings (SSSR count). The van der Waals surface area contributed by atoms with Crippen molar-refractivity contribution in [2.45, 2.75) is 31.3 Å². The highest BCUT2D eigenvalue weighted by atomic mass is 16.3. The molecular formula is C16H22N2O3. The van der Waals surface area contributed by atoms with Gasteiger partial charge in [0.25, 0.3) is 5.91 Å². The van der Waals surface area contributed by atoms with E-state index < -0.39 is 5.60 Å². The van der Waals surface area contributed by atoms with E-state index in [1.54, 1.807) is 31.3 Å². The topological polar surface area (TPSA) is 69.6 Å². The van der Waals surface area contributed by atoms with Crippen molar-refractivity contribution in [3.63, 3.8) is 0 Å². The maximum Gasteiger partial charge on any atom is 0.251 e. The molecule has 0 bridgehead atoms. The first-order valence-corrected chi connectivity index (χ1v) is 7.30. The first-order valence-electron chi connectivity index (χ1n) is 7.30. The van der Waals surface area contributed by atoms with Gasteiger partial charge in [0.05, 0.1) is 12.1 Å². The third-order valence-electron chi connectivity index (χ3n) is 3.93. The molecule has 1 aromatic rings. The SMILES string of the molecule is CN(CC1(O)CCCC1)C(=O)CNC(=O)c1ccccc1. The molecule has 0 aromatic heterocycles. The number of benzene rings is 1. The van der Waals surface area contributed by atoms with Crippen molar-refractivity contribution in [1.82, 2.24) is 10.2 Å². The van der Waals surface area contributed by atoms with Crippen LogP contribution in [0.3, 0.4) is 0 Å². The number of carbonyl (C=O) groups is 2. The Hall–Kier alpha value is -1.88. The summed E-state index contributed by atoms with van der Waals surface area (Å²) < 4.78 is 0. The quantitative estimate of drug-likeness (QED) is 0.855. The molecule has 1 saturated carbocycles. The molecule has 5 heteroatoms. The molecule has 21 heavy (non-hydrogen) atoms. The highest BCUT2D eigenvalue weighted by Gasteiger charge is 2.33. The first-order chi connectivity index (χ1) is 10.0. The van der Waals surface area contributed by atoms with Gasteiger partial charge >= 0.3 is 0 Å². The van der Waals surface area contributed by atoms with Crippen LogP contribution in [0.25, 0.3) is 0 Å². The van der Waals surface area contributed by atoms with Crippen LogP contribution in [0, 0.1) is 0 Å². The molecule has 1 fully saturated rings. The van der Waals surface area contributed by atoms with Crippen molar-refractivity contribution >= 4 is 11.8 Å². The van der Waals surface area contributed by atoms with E-state index in [1.807, 2.05) is 6.07 Å². The molecule has 114 valence electrons. The van der Waals surface area contributed by atoms with Gasteiger partial charge in [-0.2, -0.15) is 0 Å². The normalized spacial score (nSPS) is 16.5. The predicted octanol–water partition coefficient (Wildman–Crippen LogP) is 1.18. The smallest absolute Gasteiger partial charge is 0.251 e. The standard InChI is InChI=1S/C16H22N2O3/c1-18(12-16(21)9-5-6-10-16)14(19)11-17-15(20)13-7-3-2-4-8-13/h2-4,7-8,21H,5-6,9-12H2,1H3,(H,17,20). The number of carbonyl (C=O) groups excluding carboxylic acids is 2. The maximum absolute atomic E-state index is 12.0. The summed E-state index contributed by atoms with van der Waals surface area (Å²) in [7, 11) is 1.66. The third kappa shape index (κ3) is 4.29. The van der Waals surface area contributed by atoms with Gasteiger partial charge in [-0.05, 0) is 25.0 Å². The molecule has 5 nitrogen and oxygen atoms in total. The number of amides is 2. The van der Waals surface area contributed by atoms with Gasteiger partial charge in [-0.15, -0.1) is 0 Å². The fraction of sp³-hybridized carbons (Fsp3) is 0.500. The Morgan fingerprint density at radius 2 is 1.86 bits per heavy atom. The minimum atomic E-state index is -0.756. The van der Waals surface area contributed by atoms with Crippen LogP contribution < -0.4 is 5.32 Å². The molecular weight excluding hydrogens is 268 g/mol. The zero-order chi connectivity index (χ0) is 15.3. The van der Waals surface area contributed by atoms with Crippen molar-refractivity contribution in [2.24, 2.45) is 0 Å². The molecule has 0 heterocycles. The Labute approximate surface area is 125 Å². The second-order valence-corrected chi connectivity index (χ2v) is 5.73. The zero-order valence-corrected chi connectivity index (χ0v) is 12.3. The number of hydrogen-bond donors (Lipinski definition) is 2. The number of nitrogens with one attached hydrogen (secondary N) is 1. The van der Waals surface area contributed by atoms with E-state index in [1.165, 1.54) is 4.90 Å². The van der Waals surface area contributed by atoms with Crippen LogP contribution >= 0.6 is 0 Å². The van der Waals surface area contributed by atoms with E-state index in [0.29, 0.717) is 12.1 Å². The molecule has 0 radical (unpaired) electrons. The largest absolute Gasteiger partial charge is 0.388 e. The molecule has 0 spiro atoms. The van der Waals surface area contributed by atoms with Gasteiger partial charge in [0.1, 0.15) is 0 Å². The number of nitrogens with zero attached hydrogens (tertiary/aromatic N) is 1. The summed E-state index contributed by atoms with van der Waals surface area (Å²) in [5, 5.41) is 12.9. The second-order valence-electron chi connectivity index (χ2n) is 5.73. The Bertz CT molecular complexity index is 496. The van der Waals surface area contributed by atoms with Gasteiger partial charge in [-0.3, -0.25) is 9.59 Å². The molecule has 1 aromatic carbocycles. The summed E-state index contributed by atoms with van der Waals surface area (Å²) in [6, 6.07) is 8.78. The fourth-order valence-corrected chi connectivity index (χ4v) is 2.70. The van der Waals surface area contributed by atoms with Gasteiger partial charge < -0.3 is 15.3 Å². The number of hydrogen-bond acceptors (Lipinski definition) is 3. The van der Waals surface area contributed by atoms with Gasteiger partial charge in [-0.25, -0.2) is 0 Å².